The van der Waals surface area contributed by atoms with E-state index in [1.807, 2.05) is 12.4 Å². The van der Waals surface area contributed by atoms with Crippen molar-refractivity contribution in [1.82, 2.24) is 20.1 Å². The quantitative estimate of drug-likeness (QED) is 0.932. The van der Waals surface area contributed by atoms with Gasteiger partial charge in [-0.05, 0) is 69.0 Å². The summed E-state index contributed by atoms with van der Waals surface area (Å²) in [6.07, 6.45) is 6.34. The number of rotatable bonds is 3. The van der Waals surface area contributed by atoms with Crippen LogP contribution in [0.5, 0.6) is 0 Å². The van der Waals surface area contributed by atoms with Crippen molar-refractivity contribution in [3.05, 3.63) is 47.0 Å². The number of piperidine rings is 1. The second kappa shape index (κ2) is 5.75. The van der Waals surface area contributed by atoms with Crippen LogP contribution in [-0.2, 0) is 6.54 Å². The van der Waals surface area contributed by atoms with Crippen LogP contribution >= 0.6 is 0 Å². The van der Waals surface area contributed by atoms with Crippen molar-refractivity contribution in [2.75, 3.05) is 13.1 Å². The zero-order chi connectivity index (χ0) is 13.9. The molecule has 1 N–H and O–H groups in total. The molecule has 0 aromatic carbocycles. The number of aromatic nitrogens is 3. The minimum absolute atomic E-state index is 0.662. The number of aryl methyl sites for hydroxylation is 2. The van der Waals surface area contributed by atoms with Crippen molar-refractivity contribution in [2.45, 2.75) is 39.2 Å². The molecule has 4 heteroatoms. The van der Waals surface area contributed by atoms with Crippen LogP contribution in [0.3, 0.4) is 0 Å². The first-order valence-corrected chi connectivity index (χ1v) is 7.36. The Morgan fingerprint density at radius 2 is 2.10 bits per heavy atom. The minimum atomic E-state index is 0.662. The third-order valence-corrected chi connectivity index (χ3v) is 4.25. The predicted molar refractivity (Wildman–Crippen MR) is 79.6 cm³/mol. The van der Waals surface area contributed by atoms with Gasteiger partial charge in [-0.25, -0.2) is 0 Å². The van der Waals surface area contributed by atoms with Crippen LogP contribution in [0.25, 0.3) is 0 Å². The number of aromatic amines is 1. The lowest BCUT2D eigenvalue weighted by Crippen LogP contribution is -2.32. The molecular weight excluding hydrogens is 248 g/mol. The molecule has 0 spiro atoms. The number of nitrogens with zero attached hydrogens (tertiary/aromatic N) is 3. The van der Waals surface area contributed by atoms with Gasteiger partial charge in [0.1, 0.15) is 0 Å². The fourth-order valence-electron chi connectivity index (χ4n) is 3.09. The van der Waals surface area contributed by atoms with Crippen molar-refractivity contribution < 1.29 is 0 Å². The summed E-state index contributed by atoms with van der Waals surface area (Å²) >= 11 is 0. The van der Waals surface area contributed by atoms with Gasteiger partial charge in [0, 0.05) is 18.4 Å². The molecule has 0 radical (unpaired) electrons. The fraction of sp³-hybridized carbons (Fsp3) is 0.500. The topological polar surface area (TPSA) is 44.8 Å². The first-order chi connectivity index (χ1) is 9.72. The first kappa shape index (κ1) is 13.3. The second-order valence-electron chi connectivity index (χ2n) is 5.83. The van der Waals surface area contributed by atoms with Crippen LogP contribution in [0.4, 0.5) is 0 Å². The summed E-state index contributed by atoms with van der Waals surface area (Å²) in [4.78, 5) is 6.97. The van der Waals surface area contributed by atoms with Crippen LogP contribution in [0.2, 0.25) is 0 Å². The Bertz CT molecular complexity index is 567. The lowest BCUT2D eigenvalue weighted by Gasteiger charge is -2.31. The Balaban J connectivity index is 1.58. The zero-order valence-corrected chi connectivity index (χ0v) is 12.3. The number of hydrogen-bond donors (Lipinski definition) is 1. The van der Waals surface area contributed by atoms with Crippen LogP contribution in [0.1, 0.15) is 41.3 Å². The van der Waals surface area contributed by atoms with Crippen LogP contribution in [0.15, 0.2) is 24.5 Å². The van der Waals surface area contributed by atoms with E-state index in [1.165, 1.54) is 35.4 Å². The van der Waals surface area contributed by atoms with Crippen molar-refractivity contribution in [2.24, 2.45) is 0 Å². The SMILES string of the molecule is Cc1ccnc(CN2CCC(c3cn[nH]c3C)CC2)c1. The molecule has 2 aromatic rings. The lowest BCUT2D eigenvalue weighted by molar-refractivity contribution is 0.202. The summed E-state index contributed by atoms with van der Waals surface area (Å²) in [5.41, 5.74) is 5.10. The van der Waals surface area contributed by atoms with Gasteiger partial charge < -0.3 is 0 Å². The molecule has 0 unspecified atom stereocenters. The molecule has 3 rings (SSSR count). The average Bonchev–Trinajstić information content (AvgIpc) is 2.86. The predicted octanol–water partition coefficient (Wildman–Crippen LogP) is 2.80. The van der Waals surface area contributed by atoms with Gasteiger partial charge in [-0.3, -0.25) is 15.0 Å². The third kappa shape index (κ3) is 2.90. The summed E-state index contributed by atoms with van der Waals surface area (Å²) in [7, 11) is 0. The highest BCUT2D eigenvalue weighted by Gasteiger charge is 2.22. The van der Waals surface area contributed by atoms with E-state index in [0.717, 1.165) is 19.6 Å². The molecule has 20 heavy (non-hydrogen) atoms. The Morgan fingerprint density at radius 1 is 1.30 bits per heavy atom. The molecule has 1 fully saturated rings. The van der Waals surface area contributed by atoms with E-state index in [4.69, 9.17) is 0 Å². The standard InChI is InChI=1S/C16H22N4/c1-12-3-6-17-15(9-12)11-20-7-4-14(5-8-20)16-10-18-19-13(16)2/h3,6,9-10,14H,4-5,7-8,11H2,1-2H3,(H,18,19). The Hall–Kier alpha value is -1.68. The Morgan fingerprint density at radius 3 is 2.75 bits per heavy atom. The van der Waals surface area contributed by atoms with Gasteiger partial charge in [-0.15, -0.1) is 0 Å². The molecule has 3 heterocycles. The summed E-state index contributed by atoms with van der Waals surface area (Å²) in [6, 6.07) is 4.24. The molecule has 1 aliphatic heterocycles. The van der Waals surface area contributed by atoms with E-state index in [-0.39, 0.29) is 0 Å². The number of H-pyrrole nitrogens is 1. The van der Waals surface area contributed by atoms with Crippen LogP contribution in [0, 0.1) is 13.8 Å². The number of likely N-dealkylation sites (tertiary alicyclic amines) is 1. The first-order valence-electron chi connectivity index (χ1n) is 7.36. The number of pyridine rings is 1. The highest BCUT2D eigenvalue weighted by molar-refractivity contribution is 5.20. The molecule has 0 atom stereocenters. The molecule has 1 aliphatic rings. The molecule has 2 aromatic heterocycles. The molecule has 0 bridgehead atoms. The van der Waals surface area contributed by atoms with Gasteiger partial charge in [0.05, 0.1) is 11.9 Å². The maximum atomic E-state index is 4.46. The summed E-state index contributed by atoms with van der Waals surface area (Å²) in [5, 5.41) is 7.19. The fourth-order valence-corrected chi connectivity index (χ4v) is 3.09. The highest BCUT2D eigenvalue weighted by Crippen LogP contribution is 2.29. The van der Waals surface area contributed by atoms with Crippen LogP contribution in [-0.4, -0.2) is 33.2 Å². The summed E-state index contributed by atoms with van der Waals surface area (Å²) < 4.78 is 0. The van der Waals surface area contributed by atoms with E-state index in [1.54, 1.807) is 0 Å². The van der Waals surface area contributed by atoms with E-state index >= 15 is 0 Å². The molecule has 0 amide bonds. The van der Waals surface area contributed by atoms with Crippen LogP contribution < -0.4 is 0 Å². The second-order valence-corrected chi connectivity index (χ2v) is 5.83. The maximum Gasteiger partial charge on any atom is 0.0546 e. The van der Waals surface area contributed by atoms with Gasteiger partial charge in [-0.1, -0.05) is 0 Å². The molecule has 0 saturated carbocycles. The molecular formula is C16H22N4. The maximum absolute atomic E-state index is 4.46. The smallest absolute Gasteiger partial charge is 0.0546 e. The Kier molecular flexibility index (Phi) is 3.83. The number of nitrogens with one attached hydrogen (secondary N) is 1. The van der Waals surface area contributed by atoms with Crippen molar-refractivity contribution in [3.63, 3.8) is 0 Å². The lowest BCUT2D eigenvalue weighted by atomic mass is 9.90. The highest BCUT2D eigenvalue weighted by atomic mass is 15.1. The summed E-state index contributed by atoms with van der Waals surface area (Å²) in [6.45, 7) is 7.50. The van der Waals surface area contributed by atoms with Gasteiger partial charge in [0.2, 0.25) is 0 Å². The monoisotopic (exact) mass is 270 g/mol. The van der Waals surface area contributed by atoms with Gasteiger partial charge in [0.25, 0.3) is 0 Å². The Labute approximate surface area is 120 Å². The van der Waals surface area contributed by atoms with Crippen molar-refractivity contribution in [1.29, 1.82) is 0 Å². The van der Waals surface area contributed by atoms with E-state index in [0.29, 0.717) is 5.92 Å². The zero-order valence-electron chi connectivity index (χ0n) is 12.3. The van der Waals surface area contributed by atoms with Gasteiger partial charge in [0.15, 0.2) is 0 Å². The third-order valence-electron chi connectivity index (χ3n) is 4.25. The average molecular weight is 270 g/mol. The minimum Gasteiger partial charge on any atom is -0.297 e. The van der Waals surface area contributed by atoms with Crippen molar-refractivity contribution in [3.8, 4) is 0 Å². The largest absolute Gasteiger partial charge is 0.297 e. The molecule has 0 aliphatic carbocycles. The summed E-state index contributed by atoms with van der Waals surface area (Å²) in [5.74, 6) is 0.662. The van der Waals surface area contributed by atoms with E-state index in [9.17, 15) is 0 Å². The normalized spacial score (nSPS) is 17.5. The van der Waals surface area contributed by atoms with Crippen molar-refractivity contribution >= 4 is 0 Å². The van der Waals surface area contributed by atoms with E-state index < -0.39 is 0 Å². The molecule has 4 nitrogen and oxygen atoms in total. The number of hydrogen-bond acceptors (Lipinski definition) is 3. The van der Waals surface area contributed by atoms with E-state index in [2.05, 4.69) is 46.1 Å². The molecule has 106 valence electrons. The van der Waals surface area contributed by atoms with Gasteiger partial charge >= 0.3 is 0 Å². The molecule has 1 saturated heterocycles. The van der Waals surface area contributed by atoms with Gasteiger partial charge in [-0.2, -0.15) is 5.10 Å².